The van der Waals surface area contributed by atoms with Gasteiger partial charge in [-0.1, -0.05) is 29.3 Å². The largest absolute Gasteiger partial charge is 0.368 e. The van der Waals surface area contributed by atoms with Gasteiger partial charge in [-0.2, -0.15) is 0 Å². The van der Waals surface area contributed by atoms with E-state index in [0.717, 1.165) is 67.6 Å². The maximum absolute atomic E-state index is 12.5. The Balaban J connectivity index is 1.16. The minimum Gasteiger partial charge on any atom is -0.368 e. The summed E-state index contributed by atoms with van der Waals surface area (Å²) in [7, 11) is 0. The normalized spacial score (nSPS) is 22.5. The van der Waals surface area contributed by atoms with Gasteiger partial charge in [0.15, 0.2) is 0 Å². The minimum absolute atomic E-state index is 0.105. The molecule has 7 heteroatoms. The molecule has 1 saturated heterocycles. The molecule has 1 aliphatic carbocycles. The molecule has 0 radical (unpaired) electrons. The van der Waals surface area contributed by atoms with E-state index in [1.807, 2.05) is 30.5 Å². The Hall–Kier alpha value is -1.27. The molecule has 4 rings (SSSR count). The van der Waals surface area contributed by atoms with E-state index in [0.29, 0.717) is 16.1 Å². The number of carbonyl (C=O) groups excluding carboxylic acids is 1. The molecule has 1 N–H and O–H groups in total. The molecule has 1 aliphatic heterocycles. The van der Waals surface area contributed by atoms with Crippen LogP contribution in [0.2, 0.25) is 10.0 Å². The van der Waals surface area contributed by atoms with Crippen LogP contribution in [-0.2, 0) is 0 Å². The van der Waals surface area contributed by atoms with Gasteiger partial charge in [-0.15, -0.1) is 11.3 Å². The van der Waals surface area contributed by atoms with Crippen LogP contribution in [0, 0.1) is 12.8 Å². The molecule has 2 fully saturated rings. The summed E-state index contributed by atoms with van der Waals surface area (Å²) in [5.74, 6) is 0.880. The lowest BCUT2D eigenvalue weighted by Gasteiger charge is -2.37. The second kappa shape index (κ2) is 10.6. The number of amides is 1. The number of hydrogen-bond donors (Lipinski definition) is 1. The molecule has 2 heterocycles. The molecule has 4 nitrogen and oxygen atoms in total. The van der Waals surface area contributed by atoms with Gasteiger partial charge in [0, 0.05) is 32.2 Å². The molecule has 31 heavy (non-hydrogen) atoms. The summed E-state index contributed by atoms with van der Waals surface area (Å²) in [6.07, 6.45) is 5.88. The number of thiophene rings is 1. The quantitative estimate of drug-likeness (QED) is 0.562. The van der Waals surface area contributed by atoms with Gasteiger partial charge in [0.25, 0.3) is 5.91 Å². The van der Waals surface area contributed by atoms with E-state index in [4.69, 9.17) is 23.2 Å². The molecule has 1 aromatic carbocycles. The van der Waals surface area contributed by atoms with E-state index in [9.17, 15) is 4.79 Å². The number of nitrogens with one attached hydrogen (secondary N) is 1. The van der Waals surface area contributed by atoms with E-state index in [1.165, 1.54) is 30.6 Å². The smallest absolute Gasteiger partial charge is 0.261 e. The van der Waals surface area contributed by atoms with Gasteiger partial charge >= 0.3 is 0 Å². The molecule has 0 atom stereocenters. The van der Waals surface area contributed by atoms with Crippen molar-refractivity contribution in [1.82, 2.24) is 10.2 Å². The van der Waals surface area contributed by atoms with Crippen molar-refractivity contribution in [3.8, 4) is 0 Å². The van der Waals surface area contributed by atoms with Crippen LogP contribution < -0.4 is 10.2 Å². The number of rotatable bonds is 6. The second-order valence-corrected chi connectivity index (χ2v) is 10.5. The second-order valence-electron chi connectivity index (χ2n) is 8.81. The van der Waals surface area contributed by atoms with Crippen molar-refractivity contribution in [2.75, 3.05) is 37.6 Å². The van der Waals surface area contributed by atoms with Crippen LogP contribution in [0.4, 0.5) is 5.69 Å². The minimum atomic E-state index is 0.105. The maximum Gasteiger partial charge on any atom is 0.261 e. The molecular formula is C24H31Cl2N3OS. The van der Waals surface area contributed by atoms with Crippen LogP contribution in [0.3, 0.4) is 0 Å². The Morgan fingerprint density at radius 1 is 1.10 bits per heavy atom. The first-order valence-corrected chi connectivity index (χ1v) is 12.9. The lowest BCUT2D eigenvalue weighted by molar-refractivity contribution is 0.0923. The first-order valence-electron chi connectivity index (χ1n) is 11.3. The third-order valence-corrected chi connectivity index (χ3v) is 8.57. The highest BCUT2D eigenvalue weighted by Crippen LogP contribution is 2.33. The number of nitrogens with zero attached hydrogens (tertiary/aromatic N) is 2. The molecule has 0 unspecified atom stereocenters. The molecule has 168 valence electrons. The predicted molar refractivity (Wildman–Crippen MR) is 132 cm³/mol. The van der Waals surface area contributed by atoms with E-state index >= 15 is 0 Å². The molecule has 0 spiro atoms. The van der Waals surface area contributed by atoms with Crippen molar-refractivity contribution in [2.24, 2.45) is 5.92 Å². The molecule has 1 saturated carbocycles. The lowest BCUT2D eigenvalue weighted by Crippen LogP contribution is -2.47. The van der Waals surface area contributed by atoms with Gasteiger partial charge in [-0.05, 0) is 80.6 Å². The van der Waals surface area contributed by atoms with Crippen molar-refractivity contribution >= 4 is 46.1 Å². The van der Waals surface area contributed by atoms with Gasteiger partial charge in [0.2, 0.25) is 0 Å². The topological polar surface area (TPSA) is 35.6 Å². The van der Waals surface area contributed by atoms with Crippen LogP contribution >= 0.6 is 34.5 Å². The van der Waals surface area contributed by atoms with Gasteiger partial charge in [-0.25, -0.2) is 0 Å². The zero-order chi connectivity index (χ0) is 21.8. The number of halogens is 2. The maximum atomic E-state index is 12.5. The SMILES string of the molecule is Cc1ccsc1C(=O)NC1CCC(CCN2CCN(c3cccc(Cl)c3Cl)CC2)CC1. The molecule has 2 aliphatic rings. The summed E-state index contributed by atoms with van der Waals surface area (Å²) in [6.45, 7) is 7.27. The zero-order valence-electron chi connectivity index (χ0n) is 18.1. The van der Waals surface area contributed by atoms with Crippen molar-refractivity contribution in [1.29, 1.82) is 0 Å². The lowest BCUT2D eigenvalue weighted by atomic mass is 9.84. The average Bonchev–Trinajstić information content (AvgIpc) is 3.22. The average molecular weight is 481 g/mol. The number of hydrogen-bond acceptors (Lipinski definition) is 4. The summed E-state index contributed by atoms with van der Waals surface area (Å²) in [6, 6.07) is 8.21. The number of aryl methyl sites for hydroxylation is 1. The monoisotopic (exact) mass is 479 g/mol. The van der Waals surface area contributed by atoms with E-state index in [2.05, 4.69) is 21.2 Å². The van der Waals surface area contributed by atoms with Crippen LogP contribution in [0.5, 0.6) is 0 Å². The third-order valence-electron chi connectivity index (χ3n) is 6.75. The molecule has 0 bridgehead atoms. The van der Waals surface area contributed by atoms with Gasteiger partial charge in [0.1, 0.15) is 0 Å². The van der Waals surface area contributed by atoms with Gasteiger partial charge in [-0.3, -0.25) is 9.69 Å². The van der Waals surface area contributed by atoms with Crippen molar-refractivity contribution in [2.45, 2.75) is 45.1 Å². The molecule has 2 aromatic rings. The summed E-state index contributed by atoms with van der Waals surface area (Å²) in [4.78, 5) is 18.2. The van der Waals surface area contributed by atoms with Gasteiger partial charge < -0.3 is 10.2 Å². The van der Waals surface area contributed by atoms with E-state index < -0.39 is 0 Å². The number of benzene rings is 1. The van der Waals surface area contributed by atoms with E-state index in [1.54, 1.807) is 0 Å². The van der Waals surface area contributed by atoms with Crippen LogP contribution in [-0.4, -0.2) is 49.6 Å². The molecule has 1 aromatic heterocycles. The van der Waals surface area contributed by atoms with E-state index in [-0.39, 0.29) is 5.91 Å². The third kappa shape index (κ3) is 5.75. The summed E-state index contributed by atoms with van der Waals surface area (Å²) in [5.41, 5.74) is 2.13. The fourth-order valence-corrected chi connectivity index (χ4v) is 6.01. The standard InChI is InChI=1S/C24H31Cl2N3OS/c1-17-10-16-31-23(17)24(30)27-19-7-5-18(6-8-19)9-11-28-12-14-29(15-13-28)21-4-2-3-20(25)22(21)26/h2-4,10,16,18-19H,5-9,11-15H2,1H3,(H,27,30). The highest BCUT2D eigenvalue weighted by atomic mass is 35.5. The fraction of sp³-hybridized carbons (Fsp3) is 0.542. The predicted octanol–water partition coefficient (Wildman–Crippen LogP) is 5.86. The highest BCUT2D eigenvalue weighted by Gasteiger charge is 2.25. The van der Waals surface area contributed by atoms with Crippen molar-refractivity contribution < 1.29 is 4.79 Å². The summed E-state index contributed by atoms with van der Waals surface area (Å²) >= 11 is 14.1. The van der Waals surface area contributed by atoms with Crippen LogP contribution in [0.15, 0.2) is 29.6 Å². The first-order chi connectivity index (χ1) is 15.0. The number of piperazine rings is 1. The highest BCUT2D eigenvalue weighted by molar-refractivity contribution is 7.12. The van der Waals surface area contributed by atoms with Crippen molar-refractivity contribution in [3.05, 3.63) is 50.1 Å². The number of carbonyl (C=O) groups is 1. The first kappa shape index (κ1) is 22.9. The van der Waals surface area contributed by atoms with Crippen LogP contribution in [0.25, 0.3) is 0 Å². The Morgan fingerprint density at radius 3 is 2.52 bits per heavy atom. The molecular weight excluding hydrogens is 449 g/mol. The molecule has 1 amide bonds. The zero-order valence-corrected chi connectivity index (χ0v) is 20.4. The number of anilines is 1. The Bertz CT molecular complexity index is 887. The Kier molecular flexibility index (Phi) is 7.81. The van der Waals surface area contributed by atoms with Crippen molar-refractivity contribution in [3.63, 3.8) is 0 Å². The summed E-state index contributed by atoms with van der Waals surface area (Å²) in [5, 5.41) is 6.53. The van der Waals surface area contributed by atoms with Gasteiger partial charge in [0.05, 0.1) is 20.6 Å². The summed E-state index contributed by atoms with van der Waals surface area (Å²) < 4.78 is 0. The fourth-order valence-electron chi connectivity index (χ4n) is 4.77. The Labute approximate surface area is 199 Å². The Morgan fingerprint density at radius 2 is 1.84 bits per heavy atom. The van der Waals surface area contributed by atoms with Crippen LogP contribution in [0.1, 0.15) is 47.3 Å².